The lowest BCUT2D eigenvalue weighted by Crippen LogP contribution is -1.96. The maximum atomic E-state index is 12.7. The first kappa shape index (κ1) is 9.00. The van der Waals surface area contributed by atoms with Gasteiger partial charge in [0.05, 0.1) is 13.2 Å². The van der Waals surface area contributed by atoms with E-state index in [1.165, 1.54) is 25.3 Å². The van der Waals surface area contributed by atoms with Crippen molar-refractivity contribution in [1.82, 2.24) is 0 Å². The molecule has 1 rings (SSSR count). The Morgan fingerprint density at radius 3 is 2.67 bits per heavy atom. The van der Waals surface area contributed by atoms with Crippen LogP contribution in [0.15, 0.2) is 18.2 Å². The number of halogens is 1. The van der Waals surface area contributed by atoms with Gasteiger partial charge in [-0.15, -0.1) is 0 Å². The molecule has 0 aliphatic carbocycles. The first-order valence-electron chi connectivity index (χ1n) is 3.66. The third-order valence-corrected chi connectivity index (χ3v) is 1.64. The van der Waals surface area contributed by atoms with Gasteiger partial charge in [0, 0.05) is 5.56 Å². The van der Waals surface area contributed by atoms with Crippen molar-refractivity contribution in [2.45, 2.75) is 13.0 Å². The lowest BCUT2D eigenvalue weighted by Gasteiger charge is -2.10. The zero-order valence-electron chi connectivity index (χ0n) is 7.04. The van der Waals surface area contributed by atoms with Gasteiger partial charge in [-0.2, -0.15) is 0 Å². The summed E-state index contributed by atoms with van der Waals surface area (Å²) in [6, 6.07) is 4.06. The number of benzene rings is 1. The summed E-state index contributed by atoms with van der Waals surface area (Å²) in [7, 11) is 1.49. The minimum Gasteiger partial charge on any atom is -0.496 e. The van der Waals surface area contributed by atoms with Crippen LogP contribution in [0.3, 0.4) is 0 Å². The van der Waals surface area contributed by atoms with Crippen molar-refractivity contribution in [1.29, 1.82) is 0 Å². The Balaban J connectivity index is 3.12. The van der Waals surface area contributed by atoms with Gasteiger partial charge in [0.15, 0.2) is 0 Å². The average molecular weight is 170 g/mol. The van der Waals surface area contributed by atoms with E-state index in [2.05, 4.69) is 0 Å². The summed E-state index contributed by atoms with van der Waals surface area (Å²) in [4.78, 5) is 0. The molecule has 0 aromatic heterocycles. The van der Waals surface area contributed by atoms with E-state index in [-0.39, 0.29) is 5.82 Å². The standard InChI is InChI=1S/C9H11FO2/c1-6(11)8-5-7(10)3-4-9(8)12-2/h3-6,11H,1-2H3/t6-/m1/s1. The number of methoxy groups -OCH3 is 1. The summed E-state index contributed by atoms with van der Waals surface area (Å²) in [5.41, 5.74) is 0.470. The number of ether oxygens (including phenoxy) is 1. The summed E-state index contributed by atoms with van der Waals surface area (Å²) >= 11 is 0. The molecule has 0 saturated carbocycles. The Hall–Kier alpha value is -1.09. The molecule has 0 spiro atoms. The summed E-state index contributed by atoms with van der Waals surface area (Å²) in [6.45, 7) is 1.57. The molecule has 1 atom stereocenters. The van der Waals surface area contributed by atoms with Crippen molar-refractivity contribution < 1.29 is 14.2 Å². The van der Waals surface area contributed by atoms with Gasteiger partial charge in [-0.05, 0) is 25.1 Å². The minimum atomic E-state index is -0.712. The molecule has 1 aromatic rings. The van der Waals surface area contributed by atoms with Crippen LogP contribution in [0.25, 0.3) is 0 Å². The largest absolute Gasteiger partial charge is 0.496 e. The first-order chi connectivity index (χ1) is 5.65. The highest BCUT2D eigenvalue weighted by Gasteiger charge is 2.08. The highest BCUT2D eigenvalue weighted by Crippen LogP contribution is 2.25. The van der Waals surface area contributed by atoms with Gasteiger partial charge in [-0.1, -0.05) is 0 Å². The molecular formula is C9H11FO2. The van der Waals surface area contributed by atoms with Gasteiger partial charge < -0.3 is 9.84 Å². The summed E-state index contributed by atoms with van der Waals surface area (Å²) in [5.74, 6) is 0.137. The van der Waals surface area contributed by atoms with Crippen LogP contribution in [0.5, 0.6) is 5.75 Å². The molecule has 0 aliphatic heterocycles. The highest BCUT2D eigenvalue weighted by molar-refractivity contribution is 5.35. The van der Waals surface area contributed by atoms with E-state index < -0.39 is 6.10 Å². The summed E-state index contributed by atoms with van der Waals surface area (Å²) in [5, 5.41) is 9.21. The zero-order valence-corrected chi connectivity index (χ0v) is 7.04. The monoisotopic (exact) mass is 170 g/mol. The molecule has 0 bridgehead atoms. The molecule has 0 heterocycles. The van der Waals surface area contributed by atoms with Crippen molar-refractivity contribution in [2.75, 3.05) is 7.11 Å². The minimum absolute atomic E-state index is 0.369. The molecule has 0 unspecified atom stereocenters. The van der Waals surface area contributed by atoms with E-state index in [0.717, 1.165) is 0 Å². The fourth-order valence-electron chi connectivity index (χ4n) is 1.03. The molecule has 66 valence electrons. The molecule has 0 radical (unpaired) electrons. The third kappa shape index (κ3) is 1.74. The van der Waals surface area contributed by atoms with Crippen LogP contribution in [0.1, 0.15) is 18.6 Å². The summed E-state index contributed by atoms with van der Waals surface area (Å²) < 4.78 is 17.6. The van der Waals surface area contributed by atoms with E-state index in [1.54, 1.807) is 6.92 Å². The quantitative estimate of drug-likeness (QED) is 0.734. The second-order valence-corrected chi connectivity index (χ2v) is 2.56. The van der Waals surface area contributed by atoms with Gasteiger partial charge in [0.1, 0.15) is 11.6 Å². The van der Waals surface area contributed by atoms with Crippen molar-refractivity contribution in [3.05, 3.63) is 29.6 Å². The first-order valence-corrected chi connectivity index (χ1v) is 3.66. The average Bonchev–Trinajstić information content (AvgIpc) is 2.04. The predicted octanol–water partition coefficient (Wildman–Crippen LogP) is 1.89. The lowest BCUT2D eigenvalue weighted by atomic mass is 10.1. The molecule has 0 fully saturated rings. The number of hydrogen-bond acceptors (Lipinski definition) is 2. The van der Waals surface area contributed by atoms with Gasteiger partial charge in [-0.3, -0.25) is 0 Å². The maximum Gasteiger partial charge on any atom is 0.124 e. The normalized spacial score (nSPS) is 12.7. The van der Waals surface area contributed by atoms with E-state index >= 15 is 0 Å². The van der Waals surface area contributed by atoms with Crippen LogP contribution in [0.2, 0.25) is 0 Å². The lowest BCUT2D eigenvalue weighted by molar-refractivity contribution is 0.193. The van der Waals surface area contributed by atoms with Crippen LogP contribution >= 0.6 is 0 Å². The molecule has 0 aliphatic rings. The number of rotatable bonds is 2. The summed E-state index contributed by atoms with van der Waals surface area (Å²) in [6.07, 6.45) is -0.712. The molecule has 3 heteroatoms. The van der Waals surface area contributed by atoms with Crippen LogP contribution in [-0.4, -0.2) is 12.2 Å². The Labute approximate surface area is 70.6 Å². The Morgan fingerprint density at radius 1 is 1.50 bits per heavy atom. The van der Waals surface area contributed by atoms with Crippen molar-refractivity contribution >= 4 is 0 Å². The van der Waals surface area contributed by atoms with Crippen LogP contribution in [0, 0.1) is 5.82 Å². The maximum absolute atomic E-state index is 12.7. The van der Waals surface area contributed by atoms with Crippen molar-refractivity contribution in [3.8, 4) is 5.75 Å². The molecule has 1 aromatic carbocycles. The number of aliphatic hydroxyl groups excluding tert-OH is 1. The molecule has 1 N–H and O–H groups in total. The predicted molar refractivity (Wildman–Crippen MR) is 43.6 cm³/mol. The highest BCUT2D eigenvalue weighted by atomic mass is 19.1. The molecule has 12 heavy (non-hydrogen) atoms. The van der Waals surface area contributed by atoms with Crippen molar-refractivity contribution in [3.63, 3.8) is 0 Å². The second kappa shape index (κ2) is 3.54. The number of aliphatic hydroxyl groups is 1. The SMILES string of the molecule is COc1ccc(F)cc1[C@@H](C)O. The number of hydrogen-bond donors (Lipinski definition) is 1. The topological polar surface area (TPSA) is 29.5 Å². The Bertz CT molecular complexity index is 271. The van der Waals surface area contributed by atoms with Crippen LogP contribution in [0.4, 0.5) is 4.39 Å². The van der Waals surface area contributed by atoms with Crippen molar-refractivity contribution in [2.24, 2.45) is 0 Å². The van der Waals surface area contributed by atoms with Gasteiger partial charge in [0.25, 0.3) is 0 Å². The van der Waals surface area contributed by atoms with Gasteiger partial charge >= 0.3 is 0 Å². The van der Waals surface area contributed by atoms with E-state index in [4.69, 9.17) is 4.74 Å². The smallest absolute Gasteiger partial charge is 0.124 e. The fraction of sp³-hybridized carbons (Fsp3) is 0.333. The third-order valence-electron chi connectivity index (χ3n) is 1.64. The molecule has 0 saturated heterocycles. The second-order valence-electron chi connectivity index (χ2n) is 2.56. The van der Waals surface area contributed by atoms with Crippen LogP contribution in [-0.2, 0) is 0 Å². The zero-order chi connectivity index (χ0) is 9.14. The van der Waals surface area contributed by atoms with E-state index in [1.807, 2.05) is 0 Å². The molecule has 2 nitrogen and oxygen atoms in total. The van der Waals surface area contributed by atoms with Gasteiger partial charge in [-0.25, -0.2) is 4.39 Å². The van der Waals surface area contributed by atoms with E-state index in [0.29, 0.717) is 11.3 Å². The van der Waals surface area contributed by atoms with Gasteiger partial charge in [0.2, 0.25) is 0 Å². The Morgan fingerprint density at radius 2 is 2.17 bits per heavy atom. The Kier molecular flexibility index (Phi) is 2.65. The van der Waals surface area contributed by atoms with E-state index in [9.17, 15) is 9.50 Å². The fourth-order valence-corrected chi connectivity index (χ4v) is 1.03. The molecular weight excluding hydrogens is 159 g/mol. The molecule has 0 amide bonds. The van der Waals surface area contributed by atoms with Crippen LogP contribution < -0.4 is 4.74 Å².